The number of amides is 4. The third-order valence-corrected chi connectivity index (χ3v) is 22.4. The van der Waals surface area contributed by atoms with Crippen molar-refractivity contribution in [1.82, 2.24) is 14.7 Å². The lowest BCUT2D eigenvalue weighted by atomic mass is 10.3. The van der Waals surface area contributed by atoms with Gasteiger partial charge in [0.2, 0.25) is 0 Å². The summed E-state index contributed by atoms with van der Waals surface area (Å²) in [5.74, 6) is 0.562. The number of carbonyl (C=O) groups excluding carboxylic acids is 2. The third kappa shape index (κ3) is 13.9. The minimum absolute atomic E-state index is 0.0558. The lowest BCUT2D eigenvalue weighted by Crippen LogP contribution is -2.55. The highest BCUT2D eigenvalue weighted by Gasteiger charge is 2.49. The smallest absolute Gasteiger partial charge is 0.515 e. The second kappa shape index (κ2) is 18.6. The van der Waals surface area contributed by atoms with Gasteiger partial charge in [-0.1, -0.05) is 24.1 Å². The SMILES string of the molecule is CCCCN1COCN(CCC[Si]2(C)OOS(C)(N)O[S+](C)O2)C(=O)N(CCCS(C)(O[SiH2]C)O[Si@@H](C)O[SiH](C)[OH2+])C1=O. The molecule has 0 aromatic carbocycles. The summed E-state index contributed by atoms with van der Waals surface area (Å²) in [7, 11) is -11.8. The van der Waals surface area contributed by atoms with Gasteiger partial charge in [-0.15, -0.1) is 4.33 Å². The summed E-state index contributed by atoms with van der Waals surface area (Å²) in [5, 5.41) is 6.01. The largest absolute Gasteiger partial charge is 0.524 e. The zero-order valence-corrected chi connectivity index (χ0v) is 34.0. The van der Waals surface area contributed by atoms with E-state index in [1.54, 1.807) is 28.9 Å². The van der Waals surface area contributed by atoms with Gasteiger partial charge < -0.3 is 31.2 Å². The normalized spacial score (nSPS) is 31.2. The standard InChI is InChI=1S/C21H53N4O11S3Si4/c1-9-10-13-23-18-29-19-24(14-12-17-43(8)31-30-39(4,22)32-37(2)33-43)21(27)25(20(23)26)15-11-16-38(3,34-40-5)35-42(7)36-41(6)28/h28,41-42H,9-19,22,40H2,1-8H3/q+1/p+1/t37?,41?,42-,43?/m1/s1. The predicted octanol–water partition coefficient (Wildman–Crippen LogP) is 1.81. The van der Waals surface area contributed by atoms with Crippen LogP contribution in [0.4, 0.5) is 9.59 Å². The predicted molar refractivity (Wildman–Crippen MR) is 183 cm³/mol. The van der Waals surface area contributed by atoms with Crippen LogP contribution in [0.15, 0.2) is 0 Å². The second-order valence-electron chi connectivity index (χ2n) is 10.7. The van der Waals surface area contributed by atoms with Crippen molar-refractivity contribution in [1.29, 1.82) is 0 Å². The van der Waals surface area contributed by atoms with Crippen molar-refractivity contribution >= 4 is 81.8 Å². The number of carbonyl (C=O) groups is 2. The molecular formula is C21H54N4O11S3Si4+2. The van der Waals surface area contributed by atoms with E-state index < -0.39 is 75.7 Å². The number of nitrogens with zero attached hydrogens (tertiary/aromatic N) is 3. The molecule has 0 aromatic heterocycles. The van der Waals surface area contributed by atoms with Crippen molar-refractivity contribution in [2.24, 2.45) is 5.14 Å². The number of ether oxygens (including phenoxy) is 1. The Labute approximate surface area is 270 Å². The van der Waals surface area contributed by atoms with Gasteiger partial charge >= 0.3 is 50.6 Å². The zero-order chi connectivity index (χ0) is 32.3. The summed E-state index contributed by atoms with van der Waals surface area (Å²) >= 11 is -0.873. The molecular weight excluding hydrogens is 693 g/mol. The molecule has 5 unspecified atom stereocenters. The molecule has 0 aromatic rings. The maximum absolute atomic E-state index is 13.8. The first kappa shape index (κ1) is 39.4. The monoisotopic (exact) mass is 746 g/mol. The van der Waals surface area contributed by atoms with Gasteiger partial charge in [0, 0.05) is 44.4 Å². The summed E-state index contributed by atoms with van der Waals surface area (Å²) in [6.07, 6.45) is 8.16. The van der Waals surface area contributed by atoms with Gasteiger partial charge in [0.05, 0.1) is 0 Å². The molecule has 2 aliphatic rings. The van der Waals surface area contributed by atoms with Crippen LogP contribution in [0.1, 0.15) is 32.6 Å². The Morgan fingerprint density at radius 2 is 1.79 bits per heavy atom. The number of nitrogens with two attached hydrogens (primary N) is 1. The maximum Gasteiger partial charge on any atom is 0.515 e. The van der Waals surface area contributed by atoms with Gasteiger partial charge in [-0.05, 0) is 48.6 Å². The highest BCUT2D eigenvalue weighted by Crippen LogP contribution is 2.47. The highest BCUT2D eigenvalue weighted by atomic mass is 32.3. The Kier molecular flexibility index (Phi) is 17.0. The molecule has 43 heavy (non-hydrogen) atoms. The number of hydrogen-bond donors (Lipinski definition) is 1. The minimum Gasteiger partial charge on any atom is -0.524 e. The Bertz CT molecular complexity index is 896. The first-order valence-corrected chi connectivity index (χ1v) is 28.8. The summed E-state index contributed by atoms with van der Waals surface area (Å²) in [4.78, 5) is 39.7. The molecule has 15 nitrogen and oxygen atoms in total. The summed E-state index contributed by atoms with van der Waals surface area (Å²) in [5.41, 5.74) is 0. The van der Waals surface area contributed by atoms with E-state index in [9.17, 15) is 9.59 Å². The van der Waals surface area contributed by atoms with Gasteiger partial charge in [0.15, 0.2) is 16.0 Å². The average Bonchev–Trinajstić information content (AvgIpc) is 2.99. The van der Waals surface area contributed by atoms with Crippen molar-refractivity contribution in [2.45, 2.75) is 64.8 Å². The fourth-order valence-electron chi connectivity index (χ4n) is 4.41. The molecule has 2 fully saturated rings. The van der Waals surface area contributed by atoms with E-state index in [0.717, 1.165) is 12.8 Å². The molecule has 4 amide bonds. The van der Waals surface area contributed by atoms with Crippen molar-refractivity contribution in [3.63, 3.8) is 0 Å². The number of hydrogen-bond acceptors (Lipinski definition) is 11. The van der Waals surface area contributed by atoms with Gasteiger partial charge in [-0.2, -0.15) is 3.87 Å². The molecule has 256 valence electrons. The Morgan fingerprint density at radius 3 is 2.37 bits per heavy atom. The van der Waals surface area contributed by atoms with E-state index in [-0.39, 0.29) is 26.0 Å². The lowest BCUT2D eigenvalue weighted by Gasteiger charge is -2.42. The molecule has 2 heterocycles. The van der Waals surface area contributed by atoms with Gasteiger partial charge in [0.25, 0.3) is 0 Å². The summed E-state index contributed by atoms with van der Waals surface area (Å²) in [6.45, 7) is 10.9. The van der Waals surface area contributed by atoms with Crippen molar-refractivity contribution in [2.75, 3.05) is 57.6 Å². The van der Waals surface area contributed by atoms with Crippen LogP contribution in [0.2, 0.25) is 32.2 Å². The third-order valence-electron chi connectivity index (χ3n) is 6.21. The van der Waals surface area contributed by atoms with Crippen molar-refractivity contribution in [3.8, 4) is 0 Å². The topological polar surface area (TPSA) is 167 Å². The Morgan fingerprint density at radius 1 is 1.16 bits per heavy atom. The lowest BCUT2D eigenvalue weighted by molar-refractivity contribution is -0.115. The van der Waals surface area contributed by atoms with E-state index in [0.29, 0.717) is 37.7 Å². The summed E-state index contributed by atoms with van der Waals surface area (Å²) < 4.78 is 46.6. The first-order chi connectivity index (χ1) is 20.1. The van der Waals surface area contributed by atoms with Crippen LogP contribution in [0.25, 0.3) is 0 Å². The van der Waals surface area contributed by atoms with Crippen LogP contribution in [-0.2, 0) is 44.5 Å². The number of rotatable bonds is 17. The first-order valence-electron chi connectivity index (χ1n) is 14.5. The number of unbranched alkanes of at least 4 members (excludes halogenated alkanes) is 1. The molecule has 0 saturated carbocycles. The van der Waals surface area contributed by atoms with E-state index >= 15 is 0 Å². The van der Waals surface area contributed by atoms with Crippen LogP contribution in [0.5, 0.6) is 0 Å². The minimum atomic E-state index is -2.80. The molecule has 0 spiro atoms. The fourth-order valence-corrected chi connectivity index (χ4v) is 20.2. The Balaban J connectivity index is 2.10. The highest BCUT2D eigenvalue weighted by molar-refractivity contribution is 8.27. The molecule has 22 heteroatoms. The van der Waals surface area contributed by atoms with Crippen LogP contribution in [0.3, 0.4) is 0 Å². The van der Waals surface area contributed by atoms with Crippen LogP contribution in [-0.4, -0.2) is 126 Å². The van der Waals surface area contributed by atoms with Crippen LogP contribution < -0.4 is 5.14 Å². The average molecular weight is 747 g/mol. The number of imide groups is 1. The van der Waals surface area contributed by atoms with Gasteiger partial charge in [-0.25, -0.2) is 34.8 Å². The molecule has 2 rings (SSSR count). The van der Waals surface area contributed by atoms with Crippen LogP contribution in [0, 0.1) is 0 Å². The molecule has 0 bridgehead atoms. The van der Waals surface area contributed by atoms with Crippen molar-refractivity contribution in [3.05, 3.63) is 0 Å². The Hall–Kier alpha value is 0.258. The maximum atomic E-state index is 13.8. The quantitative estimate of drug-likeness (QED) is 0.131. The molecule has 2 saturated heterocycles. The van der Waals surface area contributed by atoms with E-state index in [1.165, 1.54) is 4.90 Å². The van der Waals surface area contributed by atoms with Crippen LogP contribution >= 0.6 is 21.4 Å². The second-order valence-corrected chi connectivity index (χ2v) is 25.5. The fraction of sp³-hybridized carbons (Fsp3) is 0.905. The van der Waals surface area contributed by atoms with E-state index in [2.05, 4.69) is 6.92 Å². The molecule has 0 aliphatic carbocycles. The zero-order valence-electron chi connectivity index (χ0n) is 26.9. The molecule has 0 radical (unpaired) electrons. The summed E-state index contributed by atoms with van der Waals surface area (Å²) in [6, 6.07) is -0.252. The van der Waals surface area contributed by atoms with E-state index in [4.69, 9.17) is 42.9 Å². The molecule has 4 N–H and O–H groups in total. The van der Waals surface area contributed by atoms with E-state index in [1.807, 2.05) is 25.9 Å². The molecule has 2 aliphatic heterocycles. The van der Waals surface area contributed by atoms with Gasteiger partial charge in [0.1, 0.15) is 13.5 Å². The molecule has 6 atom stereocenters. The van der Waals surface area contributed by atoms with Crippen molar-refractivity contribution < 1.29 is 47.4 Å². The van der Waals surface area contributed by atoms with Gasteiger partial charge in [-0.3, -0.25) is 0 Å². The number of urea groups is 2.